The van der Waals surface area contributed by atoms with Gasteiger partial charge in [0.25, 0.3) is 5.92 Å². The fourth-order valence-electron chi connectivity index (χ4n) is 1.35. The standard InChI is InChI=1S/C9H16F2N2O/c1-6(9(2,10)11)13-8(14)7-4-3-5-12-7/h6-7,12H,3-5H2,1-2H3,(H,13,14). The molecule has 82 valence electrons. The van der Waals surface area contributed by atoms with E-state index >= 15 is 0 Å². The van der Waals surface area contributed by atoms with Crippen molar-refractivity contribution in [3.8, 4) is 0 Å². The lowest BCUT2D eigenvalue weighted by Crippen LogP contribution is -2.49. The Balaban J connectivity index is 2.40. The van der Waals surface area contributed by atoms with Crippen LogP contribution < -0.4 is 10.6 Å². The summed E-state index contributed by atoms with van der Waals surface area (Å²) < 4.78 is 25.5. The number of nitrogens with one attached hydrogen (secondary N) is 2. The molecule has 1 aliphatic rings. The van der Waals surface area contributed by atoms with E-state index in [1.807, 2.05) is 0 Å². The second-order valence-corrected chi connectivity index (χ2v) is 3.84. The largest absolute Gasteiger partial charge is 0.346 e. The minimum Gasteiger partial charge on any atom is -0.346 e. The van der Waals surface area contributed by atoms with E-state index < -0.39 is 12.0 Å². The molecule has 5 heteroatoms. The molecule has 2 atom stereocenters. The summed E-state index contributed by atoms with van der Waals surface area (Å²) in [5.41, 5.74) is 0. The molecule has 0 aromatic carbocycles. The Morgan fingerprint density at radius 3 is 2.71 bits per heavy atom. The molecule has 1 rings (SSSR count). The van der Waals surface area contributed by atoms with Gasteiger partial charge in [-0.2, -0.15) is 0 Å². The maximum atomic E-state index is 12.7. The number of halogens is 2. The zero-order valence-corrected chi connectivity index (χ0v) is 8.44. The topological polar surface area (TPSA) is 41.1 Å². The molecule has 0 saturated carbocycles. The van der Waals surface area contributed by atoms with Gasteiger partial charge in [-0.05, 0) is 26.3 Å². The van der Waals surface area contributed by atoms with E-state index in [9.17, 15) is 13.6 Å². The van der Waals surface area contributed by atoms with Gasteiger partial charge < -0.3 is 10.6 Å². The highest BCUT2D eigenvalue weighted by atomic mass is 19.3. The quantitative estimate of drug-likeness (QED) is 0.720. The van der Waals surface area contributed by atoms with Crippen LogP contribution in [-0.2, 0) is 4.79 Å². The van der Waals surface area contributed by atoms with Crippen molar-refractivity contribution in [2.75, 3.05) is 6.54 Å². The molecular formula is C9H16F2N2O. The molecular weight excluding hydrogens is 190 g/mol. The van der Waals surface area contributed by atoms with Crippen molar-refractivity contribution in [1.82, 2.24) is 10.6 Å². The van der Waals surface area contributed by atoms with Crippen LogP contribution in [0.25, 0.3) is 0 Å². The highest BCUT2D eigenvalue weighted by molar-refractivity contribution is 5.82. The zero-order valence-electron chi connectivity index (χ0n) is 8.44. The summed E-state index contributed by atoms with van der Waals surface area (Å²) in [7, 11) is 0. The lowest BCUT2D eigenvalue weighted by Gasteiger charge is -2.22. The number of carbonyl (C=O) groups is 1. The van der Waals surface area contributed by atoms with Crippen molar-refractivity contribution in [2.24, 2.45) is 0 Å². The third-order valence-electron chi connectivity index (χ3n) is 2.50. The Morgan fingerprint density at radius 2 is 2.29 bits per heavy atom. The van der Waals surface area contributed by atoms with E-state index in [1.54, 1.807) is 0 Å². The summed E-state index contributed by atoms with van der Waals surface area (Å²) in [4.78, 5) is 11.4. The van der Waals surface area contributed by atoms with Gasteiger partial charge in [0.05, 0.1) is 12.1 Å². The fourth-order valence-corrected chi connectivity index (χ4v) is 1.35. The number of rotatable bonds is 3. The van der Waals surface area contributed by atoms with E-state index in [2.05, 4.69) is 10.6 Å². The van der Waals surface area contributed by atoms with Crippen molar-refractivity contribution in [3.05, 3.63) is 0 Å². The summed E-state index contributed by atoms with van der Waals surface area (Å²) in [6.07, 6.45) is 1.66. The van der Waals surface area contributed by atoms with Crippen LogP contribution in [0.3, 0.4) is 0 Å². The first kappa shape index (κ1) is 11.4. The Hall–Kier alpha value is -0.710. The molecule has 0 bridgehead atoms. The monoisotopic (exact) mass is 206 g/mol. The van der Waals surface area contributed by atoms with Gasteiger partial charge >= 0.3 is 0 Å². The smallest absolute Gasteiger partial charge is 0.264 e. The van der Waals surface area contributed by atoms with Crippen molar-refractivity contribution in [2.45, 2.75) is 44.7 Å². The van der Waals surface area contributed by atoms with Gasteiger partial charge in [0, 0.05) is 6.92 Å². The molecule has 0 spiro atoms. The van der Waals surface area contributed by atoms with E-state index in [4.69, 9.17) is 0 Å². The van der Waals surface area contributed by atoms with Crippen LogP contribution in [-0.4, -0.2) is 30.5 Å². The van der Waals surface area contributed by atoms with Crippen LogP contribution in [0, 0.1) is 0 Å². The summed E-state index contributed by atoms with van der Waals surface area (Å²) in [6, 6.07) is -1.41. The number of carbonyl (C=O) groups excluding carboxylic acids is 1. The third kappa shape index (κ3) is 2.90. The highest BCUT2D eigenvalue weighted by Crippen LogP contribution is 2.17. The molecule has 1 aliphatic heterocycles. The Labute approximate surface area is 82.2 Å². The fraction of sp³-hybridized carbons (Fsp3) is 0.889. The van der Waals surface area contributed by atoms with Gasteiger partial charge in [0.2, 0.25) is 5.91 Å². The predicted molar refractivity (Wildman–Crippen MR) is 49.3 cm³/mol. The summed E-state index contributed by atoms with van der Waals surface area (Å²) in [5, 5.41) is 5.27. The second-order valence-electron chi connectivity index (χ2n) is 3.84. The normalized spacial score (nSPS) is 24.7. The second kappa shape index (κ2) is 4.21. The van der Waals surface area contributed by atoms with Crippen LogP contribution in [0.15, 0.2) is 0 Å². The molecule has 2 N–H and O–H groups in total. The van der Waals surface area contributed by atoms with Crippen LogP contribution in [0.5, 0.6) is 0 Å². The van der Waals surface area contributed by atoms with Gasteiger partial charge in [-0.1, -0.05) is 0 Å². The molecule has 0 aliphatic carbocycles. The molecule has 1 amide bonds. The Kier molecular flexibility index (Phi) is 3.42. The summed E-state index contributed by atoms with van der Waals surface area (Å²) in [5.74, 6) is -3.19. The van der Waals surface area contributed by atoms with Crippen LogP contribution in [0.1, 0.15) is 26.7 Å². The molecule has 0 aromatic heterocycles. The van der Waals surface area contributed by atoms with Crippen molar-refractivity contribution >= 4 is 5.91 Å². The van der Waals surface area contributed by atoms with Crippen LogP contribution in [0.2, 0.25) is 0 Å². The maximum Gasteiger partial charge on any atom is 0.264 e. The first-order valence-corrected chi connectivity index (χ1v) is 4.83. The van der Waals surface area contributed by atoms with Gasteiger partial charge in [0.1, 0.15) is 0 Å². The molecule has 2 unspecified atom stereocenters. The molecule has 14 heavy (non-hydrogen) atoms. The molecule has 1 saturated heterocycles. The minimum atomic E-state index is -2.87. The zero-order chi connectivity index (χ0) is 10.8. The third-order valence-corrected chi connectivity index (χ3v) is 2.50. The number of hydrogen-bond donors (Lipinski definition) is 2. The average Bonchev–Trinajstić information content (AvgIpc) is 2.53. The number of amides is 1. The minimum absolute atomic E-state index is 0.292. The average molecular weight is 206 g/mol. The first-order chi connectivity index (χ1) is 6.41. The first-order valence-electron chi connectivity index (χ1n) is 4.83. The number of hydrogen-bond acceptors (Lipinski definition) is 2. The number of alkyl halides is 2. The summed E-state index contributed by atoms with van der Waals surface area (Å²) in [6.45, 7) is 2.90. The molecule has 0 aromatic rings. The van der Waals surface area contributed by atoms with Gasteiger partial charge in [0.15, 0.2) is 0 Å². The predicted octanol–water partition coefficient (Wildman–Crippen LogP) is 0.898. The SMILES string of the molecule is CC(NC(=O)C1CCCN1)C(C)(F)F. The Morgan fingerprint density at radius 1 is 1.64 bits per heavy atom. The molecule has 3 nitrogen and oxygen atoms in total. The molecule has 1 fully saturated rings. The highest BCUT2D eigenvalue weighted by Gasteiger charge is 2.33. The molecule has 1 heterocycles. The van der Waals surface area contributed by atoms with E-state index in [0.717, 1.165) is 26.3 Å². The van der Waals surface area contributed by atoms with Crippen molar-refractivity contribution < 1.29 is 13.6 Å². The van der Waals surface area contributed by atoms with Gasteiger partial charge in [-0.15, -0.1) is 0 Å². The van der Waals surface area contributed by atoms with E-state index in [-0.39, 0.29) is 11.9 Å². The lowest BCUT2D eigenvalue weighted by molar-refractivity contribution is -0.126. The Bertz CT molecular complexity index is 209. The van der Waals surface area contributed by atoms with Crippen molar-refractivity contribution in [3.63, 3.8) is 0 Å². The summed E-state index contributed by atoms with van der Waals surface area (Å²) >= 11 is 0. The van der Waals surface area contributed by atoms with E-state index in [0.29, 0.717) is 0 Å². The van der Waals surface area contributed by atoms with Crippen LogP contribution >= 0.6 is 0 Å². The van der Waals surface area contributed by atoms with Gasteiger partial charge in [-0.25, -0.2) is 8.78 Å². The maximum absolute atomic E-state index is 12.7. The van der Waals surface area contributed by atoms with E-state index in [1.165, 1.54) is 6.92 Å². The van der Waals surface area contributed by atoms with Gasteiger partial charge in [-0.3, -0.25) is 4.79 Å². The van der Waals surface area contributed by atoms with Crippen LogP contribution in [0.4, 0.5) is 8.78 Å². The lowest BCUT2D eigenvalue weighted by atomic mass is 10.1. The molecule has 0 radical (unpaired) electrons. The van der Waals surface area contributed by atoms with Crippen molar-refractivity contribution in [1.29, 1.82) is 0 Å².